The standard InChI is InChI=1S/C18H25N3O2/c1-3-5-10-21(11-6-4-2)13-14-12-16(20-23)15-8-7-9-19-17(15)18(14)22/h7-9,13,22H,3-6,10-12H2,1-2H3. The van der Waals surface area contributed by atoms with Crippen LogP contribution < -0.4 is 10.6 Å². The number of aliphatic hydroxyl groups excluding tert-OH is 1. The summed E-state index contributed by atoms with van der Waals surface area (Å²) < 4.78 is 0. The number of nitrogens with zero attached hydrogens (tertiary/aromatic N) is 3. The molecule has 1 aromatic heterocycles. The van der Waals surface area contributed by atoms with E-state index in [4.69, 9.17) is 0 Å². The van der Waals surface area contributed by atoms with Crippen LogP contribution in [0, 0.1) is 4.91 Å². The Hall–Kier alpha value is -2.17. The van der Waals surface area contributed by atoms with E-state index < -0.39 is 0 Å². The Kier molecular flexibility index (Phi) is 6.32. The van der Waals surface area contributed by atoms with Crippen molar-refractivity contribution in [3.63, 3.8) is 0 Å². The molecule has 0 aliphatic heterocycles. The zero-order chi connectivity index (χ0) is 16.7. The average molecular weight is 315 g/mol. The summed E-state index contributed by atoms with van der Waals surface area (Å²) in [4.78, 5) is 17.6. The highest BCUT2D eigenvalue weighted by Crippen LogP contribution is 2.21. The summed E-state index contributed by atoms with van der Waals surface area (Å²) >= 11 is 0. The van der Waals surface area contributed by atoms with Crippen molar-refractivity contribution < 1.29 is 5.11 Å². The van der Waals surface area contributed by atoms with Crippen molar-refractivity contribution in [1.82, 2.24) is 9.88 Å². The maximum Gasteiger partial charge on any atom is 0.146 e. The summed E-state index contributed by atoms with van der Waals surface area (Å²) in [5.74, 6) is 0.158. The van der Waals surface area contributed by atoms with Crippen LogP contribution in [-0.2, 0) is 0 Å². The van der Waals surface area contributed by atoms with E-state index in [1.54, 1.807) is 18.3 Å². The van der Waals surface area contributed by atoms with Crippen molar-refractivity contribution in [2.75, 3.05) is 13.1 Å². The van der Waals surface area contributed by atoms with E-state index in [1.165, 1.54) is 0 Å². The fourth-order valence-corrected chi connectivity index (χ4v) is 2.71. The SMILES string of the molecule is CCCCN(C=C1CC(N=O)=c2cccnc2=C1O)CCCC. The largest absolute Gasteiger partial charge is 0.505 e. The topological polar surface area (TPSA) is 65.8 Å². The number of hydrogen-bond donors (Lipinski definition) is 1. The molecule has 5 heteroatoms. The van der Waals surface area contributed by atoms with Crippen LogP contribution in [0.5, 0.6) is 0 Å². The minimum atomic E-state index is 0.158. The summed E-state index contributed by atoms with van der Waals surface area (Å²) in [5, 5.41) is 14.8. The first kappa shape index (κ1) is 17.2. The first-order valence-electron chi connectivity index (χ1n) is 8.37. The monoisotopic (exact) mass is 315 g/mol. The molecule has 0 saturated heterocycles. The molecule has 124 valence electrons. The van der Waals surface area contributed by atoms with Crippen LogP contribution in [-0.4, -0.2) is 28.1 Å². The molecule has 0 amide bonds. The number of unbranched alkanes of at least 4 members (excludes halogenated alkanes) is 2. The molecule has 1 aliphatic rings. The van der Waals surface area contributed by atoms with Gasteiger partial charge in [-0.25, -0.2) is 0 Å². The highest BCUT2D eigenvalue weighted by molar-refractivity contribution is 5.66. The predicted molar refractivity (Wildman–Crippen MR) is 92.8 cm³/mol. The second-order valence-corrected chi connectivity index (χ2v) is 5.86. The summed E-state index contributed by atoms with van der Waals surface area (Å²) in [6.07, 6.45) is 8.40. The van der Waals surface area contributed by atoms with Crippen LogP contribution in [0.4, 0.5) is 0 Å². The van der Waals surface area contributed by atoms with Crippen LogP contribution in [0.25, 0.3) is 11.5 Å². The van der Waals surface area contributed by atoms with E-state index in [0.29, 0.717) is 22.7 Å². The Morgan fingerprint density at radius 1 is 1.30 bits per heavy atom. The van der Waals surface area contributed by atoms with E-state index in [2.05, 4.69) is 28.9 Å². The zero-order valence-electron chi connectivity index (χ0n) is 14.0. The van der Waals surface area contributed by atoms with Gasteiger partial charge in [0.05, 0.1) is 5.70 Å². The van der Waals surface area contributed by atoms with Gasteiger partial charge in [-0.2, -0.15) is 0 Å². The molecule has 1 heterocycles. The highest BCUT2D eigenvalue weighted by Gasteiger charge is 2.18. The molecule has 0 fully saturated rings. The van der Waals surface area contributed by atoms with Gasteiger partial charge in [-0.1, -0.05) is 26.7 Å². The second-order valence-electron chi connectivity index (χ2n) is 5.86. The molecule has 1 aliphatic carbocycles. The quantitative estimate of drug-likeness (QED) is 0.749. The van der Waals surface area contributed by atoms with Crippen LogP contribution in [0.1, 0.15) is 46.0 Å². The van der Waals surface area contributed by atoms with Gasteiger partial charge in [0.1, 0.15) is 11.1 Å². The minimum absolute atomic E-state index is 0.158. The Morgan fingerprint density at radius 2 is 2.00 bits per heavy atom. The maximum atomic E-state index is 11.2. The molecular weight excluding hydrogens is 290 g/mol. The number of nitroso groups, excluding NO2 is 1. The van der Waals surface area contributed by atoms with E-state index in [-0.39, 0.29) is 5.76 Å². The number of fused-ring (bicyclic) bond motifs is 1. The summed E-state index contributed by atoms with van der Waals surface area (Å²) in [6.45, 7) is 6.23. The smallest absolute Gasteiger partial charge is 0.146 e. The summed E-state index contributed by atoms with van der Waals surface area (Å²) in [7, 11) is 0. The molecule has 23 heavy (non-hydrogen) atoms. The number of pyridine rings is 1. The van der Waals surface area contributed by atoms with Gasteiger partial charge in [-0.05, 0) is 30.2 Å². The molecule has 0 bridgehead atoms. The van der Waals surface area contributed by atoms with Gasteiger partial charge in [-0.15, -0.1) is 4.91 Å². The van der Waals surface area contributed by atoms with Crippen molar-refractivity contribution in [3.05, 3.63) is 45.6 Å². The van der Waals surface area contributed by atoms with Crippen molar-refractivity contribution >= 4 is 11.5 Å². The van der Waals surface area contributed by atoms with E-state index in [9.17, 15) is 10.0 Å². The van der Waals surface area contributed by atoms with Crippen LogP contribution in [0.2, 0.25) is 0 Å². The lowest BCUT2D eigenvalue weighted by molar-refractivity contribution is 0.356. The molecule has 0 saturated carbocycles. The highest BCUT2D eigenvalue weighted by atomic mass is 16.3. The van der Waals surface area contributed by atoms with E-state index >= 15 is 0 Å². The van der Waals surface area contributed by atoms with Crippen molar-refractivity contribution in [2.45, 2.75) is 46.0 Å². The molecule has 1 N–H and O–H groups in total. The van der Waals surface area contributed by atoms with Gasteiger partial charge in [0.25, 0.3) is 0 Å². The van der Waals surface area contributed by atoms with Gasteiger partial charge in [-0.3, -0.25) is 4.98 Å². The molecule has 1 aromatic rings. The molecule has 5 nitrogen and oxygen atoms in total. The van der Waals surface area contributed by atoms with Crippen molar-refractivity contribution in [1.29, 1.82) is 0 Å². The van der Waals surface area contributed by atoms with Gasteiger partial charge in [0, 0.05) is 42.7 Å². The number of aliphatic hydroxyl groups is 1. The fourth-order valence-electron chi connectivity index (χ4n) is 2.71. The molecule has 2 rings (SSSR count). The van der Waals surface area contributed by atoms with Gasteiger partial charge in [0.2, 0.25) is 0 Å². The third-order valence-electron chi connectivity index (χ3n) is 4.05. The Labute approximate surface area is 137 Å². The lowest BCUT2D eigenvalue weighted by Crippen LogP contribution is -2.35. The Morgan fingerprint density at radius 3 is 2.61 bits per heavy atom. The van der Waals surface area contributed by atoms with Gasteiger partial charge < -0.3 is 10.0 Å². The number of hydrogen-bond acceptors (Lipinski definition) is 5. The van der Waals surface area contributed by atoms with Gasteiger partial charge in [0.15, 0.2) is 0 Å². The Balaban J connectivity index is 2.39. The van der Waals surface area contributed by atoms with Crippen LogP contribution >= 0.6 is 0 Å². The molecule has 0 unspecified atom stereocenters. The molecule has 0 radical (unpaired) electrons. The van der Waals surface area contributed by atoms with E-state index in [0.717, 1.165) is 44.3 Å². The van der Waals surface area contributed by atoms with Gasteiger partial charge >= 0.3 is 0 Å². The lowest BCUT2D eigenvalue weighted by atomic mass is 10.0. The minimum Gasteiger partial charge on any atom is -0.505 e. The summed E-state index contributed by atoms with van der Waals surface area (Å²) in [5.41, 5.74) is 1.15. The first-order valence-corrected chi connectivity index (χ1v) is 8.37. The third-order valence-corrected chi connectivity index (χ3v) is 4.05. The molecular formula is C18H25N3O2. The molecule has 0 atom stereocenters. The Bertz CT molecular complexity index is 686. The summed E-state index contributed by atoms with van der Waals surface area (Å²) in [6, 6.07) is 3.53. The fraction of sp³-hybridized carbons (Fsp3) is 0.500. The number of aromatic nitrogens is 1. The zero-order valence-corrected chi connectivity index (χ0v) is 14.0. The number of rotatable bonds is 8. The molecule has 0 spiro atoms. The van der Waals surface area contributed by atoms with Crippen LogP contribution in [0.15, 0.2) is 35.3 Å². The van der Waals surface area contributed by atoms with Crippen LogP contribution in [0.3, 0.4) is 0 Å². The van der Waals surface area contributed by atoms with Crippen molar-refractivity contribution in [2.24, 2.45) is 5.18 Å². The second kappa shape index (κ2) is 8.46. The lowest BCUT2D eigenvalue weighted by Gasteiger charge is -2.22. The normalized spacial score (nSPS) is 15.7. The van der Waals surface area contributed by atoms with E-state index in [1.807, 2.05) is 6.20 Å². The third kappa shape index (κ3) is 4.18. The average Bonchev–Trinajstić information content (AvgIpc) is 2.59. The predicted octanol–water partition coefficient (Wildman–Crippen LogP) is 2.81. The molecule has 0 aromatic carbocycles. The maximum absolute atomic E-state index is 11.2. The van der Waals surface area contributed by atoms with Crippen molar-refractivity contribution in [3.8, 4) is 0 Å². The first-order chi connectivity index (χ1) is 11.2.